The number of quaternary nitrogens is 1. The third kappa shape index (κ3) is 4.67. The monoisotopic (exact) mass is 354 g/mol. The fraction of sp³-hybridized carbons (Fsp3) is 0.182. The molecule has 0 unspecified atom stereocenters. The third-order valence-electron chi connectivity index (χ3n) is 4.37. The van der Waals surface area contributed by atoms with Crippen molar-refractivity contribution in [3.63, 3.8) is 0 Å². The van der Waals surface area contributed by atoms with Crippen LogP contribution >= 0.6 is 0 Å². The predicted molar refractivity (Wildman–Crippen MR) is 97.6 cm³/mol. The van der Waals surface area contributed by atoms with E-state index in [0.29, 0.717) is 13.2 Å². The summed E-state index contributed by atoms with van der Waals surface area (Å²) in [5.41, 5.74) is 2.94. The van der Waals surface area contributed by atoms with Gasteiger partial charge in [-0.1, -0.05) is 42.5 Å². The zero-order chi connectivity index (χ0) is 18.4. The minimum atomic E-state index is -0.819. The van der Waals surface area contributed by atoms with Gasteiger partial charge in [0.2, 0.25) is 0 Å². The molecule has 0 aliphatic heterocycles. The summed E-state index contributed by atoms with van der Waals surface area (Å²) in [6, 6.07) is 22.0. The molecule has 0 heterocycles. The molecule has 3 aromatic rings. The minimum absolute atomic E-state index is 0.00674. The highest BCUT2D eigenvalue weighted by Gasteiger charge is 2.13. The van der Waals surface area contributed by atoms with E-state index < -0.39 is 11.6 Å². The lowest BCUT2D eigenvalue weighted by molar-refractivity contribution is -0.708. The molecular formula is C22H22F2NO+. The van der Waals surface area contributed by atoms with E-state index in [1.807, 2.05) is 61.5 Å². The van der Waals surface area contributed by atoms with E-state index in [-0.39, 0.29) is 6.04 Å². The first-order chi connectivity index (χ1) is 12.6. The summed E-state index contributed by atoms with van der Waals surface area (Å²) in [7, 11) is 0. The van der Waals surface area contributed by atoms with E-state index in [0.717, 1.165) is 22.4 Å². The highest BCUT2D eigenvalue weighted by molar-refractivity contribution is 5.33. The Morgan fingerprint density at radius 3 is 2.38 bits per heavy atom. The van der Waals surface area contributed by atoms with E-state index in [2.05, 4.69) is 5.32 Å². The molecule has 3 rings (SSSR count). The molecule has 0 aliphatic carbocycles. The molecule has 0 spiro atoms. The quantitative estimate of drug-likeness (QED) is 0.670. The molecule has 0 radical (unpaired) electrons. The average Bonchev–Trinajstić information content (AvgIpc) is 2.68. The topological polar surface area (TPSA) is 25.8 Å². The van der Waals surface area contributed by atoms with Gasteiger partial charge in [0.25, 0.3) is 0 Å². The highest BCUT2D eigenvalue weighted by Crippen LogP contribution is 2.19. The van der Waals surface area contributed by atoms with Crippen LogP contribution in [0, 0.1) is 11.6 Å². The van der Waals surface area contributed by atoms with E-state index in [1.54, 1.807) is 6.07 Å². The van der Waals surface area contributed by atoms with Gasteiger partial charge in [-0.25, -0.2) is 8.78 Å². The zero-order valence-electron chi connectivity index (χ0n) is 14.7. The molecule has 134 valence electrons. The van der Waals surface area contributed by atoms with Gasteiger partial charge in [0.15, 0.2) is 11.6 Å². The van der Waals surface area contributed by atoms with Crippen LogP contribution in [0.5, 0.6) is 5.75 Å². The van der Waals surface area contributed by atoms with Gasteiger partial charge in [0, 0.05) is 11.1 Å². The first-order valence-electron chi connectivity index (χ1n) is 8.66. The molecule has 4 heteroatoms. The Balaban J connectivity index is 1.63. The molecule has 2 N–H and O–H groups in total. The maximum Gasteiger partial charge on any atom is 0.159 e. The lowest BCUT2D eigenvalue weighted by atomic mass is 10.1. The number of hydrogen-bond acceptors (Lipinski definition) is 1. The van der Waals surface area contributed by atoms with Gasteiger partial charge in [-0.05, 0) is 42.8 Å². The smallest absolute Gasteiger partial charge is 0.159 e. The second-order valence-electron chi connectivity index (χ2n) is 6.28. The molecule has 26 heavy (non-hydrogen) atoms. The first-order valence-corrected chi connectivity index (χ1v) is 8.66. The van der Waals surface area contributed by atoms with Crippen LogP contribution in [0.25, 0.3) is 0 Å². The molecule has 0 amide bonds. The van der Waals surface area contributed by atoms with Gasteiger partial charge < -0.3 is 10.1 Å². The van der Waals surface area contributed by atoms with E-state index in [9.17, 15) is 8.78 Å². The summed E-state index contributed by atoms with van der Waals surface area (Å²) in [6.07, 6.45) is 0. The average molecular weight is 354 g/mol. The van der Waals surface area contributed by atoms with Crippen molar-refractivity contribution in [1.29, 1.82) is 0 Å². The normalized spacial score (nSPS) is 12.0. The van der Waals surface area contributed by atoms with Gasteiger partial charge in [-0.3, -0.25) is 0 Å². The van der Waals surface area contributed by atoms with Crippen LogP contribution < -0.4 is 10.1 Å². The Morgan fingerprint density at radius 1 is 0.885 bits per heavy atom. The lowest BCUT2D eigenvalue weighted by Gasteiger charge is -2.14. The lowest BCUT2D eigenvalue weighted by Crippen LogP contribution is -2.83. The van der Waals surface area contributed by atoms with Crippen LogP contribution in [0.2, 0.25) is 0 Å². The van der Waals surface area contributed by atoms with Crippen LogP contribution in [0.15, 0.2) is 72.8 Å². The van der Waals surface area contributed by atoms with Crippen LogP contribution in [0.1, 0.15) is 29.7 Å². The number of nitrogens with two attached hydrogens (primary N) is 1. The standard InChI is InChI=1S/C22H21F2NO/c1-16(18-11-12-20(23)21(24)13-18)25-14-19-9-5-6-10-22(19)26-15-17-7-3-2-4-8-17/h2-13,16,25H,14-15H2,1H3/p+1/t16-/m1/s1. The summed E-state index contributed by atoms with van der Waals surface area (Å²) in [5, 5.41) is 2.08. The van der Waals surface area contributed by atoms with Crippen molar-refractivity contribution in [2.45, 2.75) is 26.1 Å². The summed E-state index contributed by atoms with van der Waals surface area (Å²) >= 11 is 0. The third-order valence-corrected chi connectivity index (χ3v) is 4.37. The Kier molecular flexibility index (Phi) is 5.97. The number of halogens is 2. The molecule has 0 saturated heterocycles. The van der Waals surface area contributed by atoms with Gasteiger partial charge in [0.1, 0.15) is 24.9 Å². The van der Waals surface area contributed by atoms with Gasteiger partial charge in [-0.2, -0.15) is 0 Å². The SMILES string of the molecule is C[C@@H]([NH2+]Cc1ccccc1OCc1ccccc1)c1ccc(F)c(F)c1. The van der Waals surface area contributed by atoms with Crippen molar-refractivity contribution >= 4 is 0 Å². The van der Waals surface area contributed by atoms with Crippen molar-refractivity contribution in [1.82, 2.24) is 0 Å². The molecule has 0 bridgehead atoms. The number of hydrogen-bond donors (Lipinski definition) is 1. The summed E-state index contributed by atoms with van der Waals surface area (Å²) in [5.74, 6) is -0.792. The highest BCUT2D eigenvalue weighted by atomic mass is 19.2. The van der Waals surface area contributed by atoms with E-state index in [1.165, 1.54) is 12.1 Å². The maximum absolute atomic E-state index is 13.4. The van der Waals surface area contributed by atoms with E-state index >= 15 is 0 Å². The Morgan fingerprint density at radius 2 is 1.62 bits per heavy atom. The minimum Gasteiger partial charge on any atom is -0.488 e. The van der Waals surface area contributed by atoms with Crippen LogP contribution in [-0.4, -0.2) is 0 Å². The molecule has 3 aromatic carbocycles. The summed E-state index contributed by atoms with van der Waals surface area (Å²) in [6.45, 7) is 3.17. The number of para-hydroxylation sites is 1. The second-order valence-corrected chi connectivity index (χ2v) is 6.28. The fourth-order valence-corrected chi connectivity index (χ4v) is 2.78. The van der Waals surface area contributed by atoms with Crippen LogP contribution in [0.4, 0.5) is 8.78 Å². The van der Waals surface area contributed by atoms with Gasteiger partial charge >= 0.3 is 0 Å². The molecular weight excluding hydrogens is 332 g/mol. The zero-order valence-corrected chi connectivity index (χ0v) is 14.7. The number of ether oxygens (including phenoxy) is 1. The van der Waals surface area contributed by atoms with Crippen molar-refractivity contribution in [3.8, 4) is 5.75 Å². The van der Waals surface area contributed by atoms with Crippen molar-refractivity contribution < 1.29 is 18.8 Å². The van der Waals surface area contributed by atoms with Crippen LogP contribution in [-0.2, 0) is 13.2 Å². The molecule has 0 aromatic heterocycles. The van der Waals surface area contributed by atoms with Gasteiger partial charge in [-0.15, -0.1) is 0 Å². The van der Waals surface area contributed by atoms with Gasteiger partial charge in [0.05, 0.1) is 0 Å². The van der Waals surface area contributed by atoms with E-state index in [4.69, 9.17) is 4.74 Å². The Labute approximate surface area is 152 Å². The number of rotatable bonds is 7. The fourth-order valence-electron chi connectivity index (χ4n) is 2.78. The Hall–Kier alpha value is -2.72. The molecule has 1 atom stereocenters. The van der Waals surface area contributed by atoms with Crippen molar-refractivity contribution in [2.24, 2.45) is 0 Å². The molecule has 0 aliphatic rings. The molecule has 0 saturated carbocycles. The molecule has 0 fully saturated rings. The summed E-state index contributed by atoms with van der Waals surface area (Å²) < 4.78 is 32.5. The Bertz CT molecular complexity index is 852. The van der Waals surface area contributed by atoms with Crippen molar-refractivity contribution in [2.75, 3.05) is 0 Å². The van der Waals surface area contributed by atoms with Crippen molar-refractivity contribution in [3.05, 3.63) is 101 Å². The second kappa shape index (κ2) is 8.59. The van der Waals surface area contributed by atoms with Crippen LogP contribution in [0.3, 0.4) is 0 Å². The maximum atomic E-state index is 13.4. The predicted octanol–water partition coefficient (Wildman–Crippen LogP) is 4.37. The summed E-state index contributed by atoms with van der Waals surface area (Å²) in [4.78, 5) is 0. The number of benzene rings is 3. The largest absolute Gasteiger partial charge is 0.488 e. The molecule has 2 nitrogen and oxygen atoms in total. The first kappa shape index (κ1) is 18.1.